The minimum Gasteiger partial charge on any atom is -0.468 e. The van der Waals surface area contributed by atoms with Crippen molar-refractivity contribution in [3.63, 3.8) is 0 Å². The molecule has 0 bridgehead atoms. The number of rotatable bonds is 2. The van der Waals surface area contributed by atoms with Crippen LogP contribution in [-0.4, -0.2) is 23.9 Å². The summed E-state index contributed by atoms with van der Waals surface area (Å²) in [6.07, 6.45) is 0. The van der Waals surface area contributed by atoms with Crippen molar-refractivity contribution in [3.05, 3.63) is 33.8 Å². The van der Waals surface area contributed by atoms with Crippen LogP contribution in [0.25, 0.3) is 0 Å². The summed E-state index contributed by atoms with van der Waals surface area (Å²) in [6, 6.07) is 4.67. The Hall–Kier alpha value is -1.17. The third-order valence-electron chi connectivity index (χ3n) is 3.11. The quantitative estimate of drug-likeness (QED) is 0.668. The minimum atomic E-state index is -0.621. The Labute approximate surface area is 132 Å². The summed E-state index contributed by atoms with van der Waals surface area (Å²) < 4.78 is 4.84. The molecule has 0 radical (unpaired) electrons. The Morgan fingerprint density at radius 1 is 1.40 bits per heavy atom. The van der Waals surface area contributed by atoms with Crippen LogP contribution in [0.1, 0.15) is 18.5 Å². The van der Waals surface area contributed by atoms with E-state index in [1.165, 1.54) is 7.11 Å². The van der Waals surface area contributed by atoms with Crippen LogP contribution in [0, 0.1) is 5.92 Å². The van der Waals surface area contributed by atoms with E-state index in [9.17, 15) is 4.79 Å². The van der Waals surface area contributed by atoms with E-state index in [1.54, 1.807) is 25.1 Å². The molecule has 1 heterocycles. The summed E-state index contributed by atoms with van der Waals surface area (Å²) in [5.74, 6) is -1.04. The van der Waals surface area contributed by atoms with E-state index in [1.807, 2.05) is 0 Å². The lowest BCUT2D eigenvalue weighted by Crippen LogP contribution is -2.44. The van der Waals surface area contributed by atoms with Crippen LogP contribution in [0.3, 0.4) is 0 Å². The summed E-state index contributed by atoms with van der Waals surface area (Å²) in [5.41, 5.74) is 1.18. The topological polar surface area (TPSA) is 50.7 Å². The van der Waals surface area contributed by atoms with Gasteiger partial charge in [0.25, 0.3) is 0 Å². The Bertz CT molecular complexity index is 584. The molecule has 2 rings (SSSR count). The fraction of sp³-hybridized carbons (Fsp3) is 0.308. The number of carbonyl (C=O) groups is 1. The number of esters is 1. The summed E-state index contributed by atoms with van der Waals surface area (Å²) in [5, 5.41) is 4.20. The highest BCUT2D eigenvalue weighted by atomic mass is 35.5. The zero-order chi connectivity index (χ0) is 14.9. The fourth-order valence-electron chi connectivity index (χ4n) is 2.20. The predicted molar refractivity (Wildman–Crippen MR) is 83.6 cm³/mol. The number of halogens is 2. The maximum absolute atomic E-state index is 12.0. The Balaban J connectivity index is 2.55. The molecule has 1 aromatic carbocycles. The summed E-state index contributed by atoms with van der Waals surface area (Å²) in [7, 11) is 1.33. The van der Waals surface area contributed by atoms with Crippen LogP contribution in [0.5, 0.6) is 0 Å². The van der Waals surface area contributed by atoms with Gasteiger partial charge in [-0.05, 0) is 31.3 Å². The van der Waals surface area contributed by atoms with Crippen LogP contribution >= 0.6 is 35.4 Å². The van der Waals surface area contributed by atoms with Gasteiger partial charge in [-0.25, -0.2) is 4.99 Å². The summed E-state index contributed by atoms with van der Waals surface area (Å²) >= 11 is 17.5. The van der Waals surface area contributed by atoms with Crippen molar-refractivity contribution < 1.29 is 9.53 Å². The van der Waals surface area contributed by atoms with Crippen LogP contribution in [0.15, 0.2) is 23.2 Å². The van der Waals surface area contributed by atoms with E-state index in [0.717, 1.165) is 0 Å². The van der Waals surface area contributed by atoms with Gasteiger partial charge in [-0.2, -0.15) is 0 Å². The lowest BCUT2D eigenvalue weighted by molar-refractivity contribution is -0.143. The van der Waals surface area contributed by atoms with Crippen molar-refractivity contribution in [2.75, 3.05) is 7.11 Å². The number of methoxy groups -OCH3 is 1. The zero-order valence-corrected chi connectivity index (χ0v) is 13.1. The van der Waals surface area contributed by atoms with Gasteiger partial charge in [0.1, 0.15) is 5.92 Å². The number of nitrogens with zero attached hydrogens (tertiary/aromatic N) is 1. The standard InChI is InChI=1S/C13H12Cl2N2O2S/c1-6-9(12(18)19-2)11(17-13(20)16-6)10-7(14)4-3-5-8(10)15/h3-5,9,11H,1-2H3,(H,17,20). The first-order chi connectivity index (χ1) is 9.45. The minimum absolute atomic E-state index is 0.295. The first kappa shape index (κ1) is 15.2. The maximum atomic E-state index is 12.0. The molecule has 2 atom stereocenters. The van der Waals surface area contributed by atoms with Crippen molar-refractivity contribution in [2.24, 2.45) is 10.9 Å². The molecule has 1 aliphatic heterocycles. The Kier molecular flexibility index (Phi) is 4.62. The molecule has 1 aromatic rings. The third kappa shape index (κ3) is 2.80. The molecule has 0 aromatic heterocycles. The number of benzene rings is 1. The highest BCUT2D eigenvalue weighted by molar-refractivity contribution is 7.80. The van der Waals surface area contributed by atoms with Crippen LogP contribution < -0.4 is 5.32 Å². The van der Waals surface area contributed by atoms with E-state index in [0.29, 0.717) is 26.4 Å². The average molecular weight is 331 g/mol. The molecule has 0 aliphatic carbocycles. The van der Waals surface area contributed by atoms with Gasteiger partial charge < -0.3 is 10.1 Å². The van der Waals surface area contributed by atoms with E-state index in [4.69, 9.17) is 40.2 Å². The second-order valence-corrected chi connectivity index (χ2v) is 5.52. The average Bonchev–Trinajstić information content (AvgIpc) is 2.37. The van der Waals surface area contributed by atoms with Gasteiger partial charge in [-0.1, -0.05) is 29.3 Å². The Morgan fingerprint density at radius 3 is 2.55 bits per heavy atom. The van der Waals surface area contributed by atoms with Gasteiger partial charge in [0.2, 0.25) is 0 Å². The number of ether oxygens (including phenoxy) is 1. The first-order valence-corrected chi connectivity index (χ1v) is 6.99. The second-order valence-electron chi connectivity index (χ2n) is 4.32. The number of carbonyl (C=O) groups excluding carboxylic acids is 1. The molecule has 0 saturated carbocycles. The van der Waals surface area contributed by atoms with Crippen LogP contribution in [0.4, 0.5) is 0 Å². The maximum Gasteiger partial charge on any atom is 0.316 e. The molecule has 4 nitrogen and oxygen atoms in total. The van der Waals surface area contributed by atoms with Crippen molar-refractivity contribution in [1.82, 2.24) is 5.32 Å². The summed E-state index contributed by atoms with van der Waals surface area (Å²) in [4.78, 5) is 16.1. The van der Waals surface area contributed by atoms with Crippen molar-refractivity contribution in [2.45, 2.75) is 13.0 Å². The van der Waals surface area contributed by atoms with Gasteiger partial charge in [0.15, 0.2) is 5.11 Å². The molecule has 7 heteroatoms. The molecule has 1 N–H and O–H groups in total. The van der Waals surface area contributed by atoms with E-state index in [-0.39, 0.29) is 0 Å². The lowest BCUT2D eigenvalue weighted by atomic mass is 9.88. The molecule has 0 saturated heterocycles. The fourth-order valence-corrected chi connectivity index (χ4v) is 3.10. The molecule has 0 spiro atoms. The molecular weight excluding hydrogens is 319 g/mol. The zero-order valence-electron chi connectivity index (χ0n) is 10.8. The monoisotopic (exact) mass is 330 g/mol. The largest absolute Gasteiger partial charge is 0.468 e. The van der Waals surface area contributed by atoms with Gasteiger partial charge in [0.05, 0.1) is 13.2 Å². The first-order valence-electron chi connectivity index (χ1n) is 5.83. The smallest absolute Gasteiger partial charge is 0.316 e. The van der Waals surface area contributed by atoms with Crippen LogP contribution in [0.2, 0.25) is 10.0 Å². The lowest BCUT2D eigenvalue weighted by Gasteiger charge is -2.31. The normalized spacial score (nSPS) is 22.0. The third-order valence-corrected chi connectivity index (χ3v) is 3.97. The van der Waals surface area contributed by atoms with Gasteiger partial charge >= 0.3 is 5.97 Å². The van der Waals surface area contributed by atoms with E-state index in [2.05, 4.69) is 10.3 Å². The summed E-state index contributed by atoms with van der Waals surface area (Å²) in [6.45, 7) is 1.73. The molecule has 20 heavy (non-hydrogen) atoms. The number of hydrogen-bond acceptors (Lipinski definition) is 3. The molecule has 2 unspecified atom stereocenters. The van der Waals surface area contributed by atoms with E-state index >= 15 is 0 Å². The van der Waals surface area contributed by atoms with Gasteiger partial charge in [-0.3, -0.25) is 4.79 Å². The molecular formula is C13H12Cl2N2O2S. The van der Waals surface area contributed by atoms with Crippen molar-refractivity contribution in [3.8, 4) is 0 Å². The number of thiocarbonyl (C=S) groups is 1. The van der Waals surface area contributed by atoms with Crippen molar-refractivity contribution in [1.29, 1.82) is 0 Å². The van der Waals surface area contributed by atoms with E-state index < -0.39 is 17.9 Å². The highest BCUT2D eigenvalue weighted by Gasteiger charge is 2.38. The predicted octanol–water partition coefficient (Wildman–Crippen LogP) is 3.17. The number of aliphatic imine (C=N–C) groups is 1. The van der Waals surface area contributed by atoms with Gasteiger partial charge in [-0.15, -0.1) is 0 Å². The molecule has 1 aliphatic rings. The van der Waals surface area contributed by atoms with Crippen molar-refractivity contribution >= 4 is 52.2 Å². The SMILES string of the molecule is COC(=O)C1C(C)=NC(=S)NC1c1c(Cl)cccc1Cl. The molecule has 106 valence electrons. The highest BCUT2D eigenvalue weighted by Crippen LogP contribution is 2.36. The second kappa shape index (κ2) is 6.08. The van der Waals surface area contributed by atoms with Gasteiger partial charge in [0, 0.05) is 21.3 Å². The molecule has 0 fully saturated rings. The Morgan fingerprint density at radius 2 is 2.00 bits per heavy atom. The molecule has 0 amide bonds. The van der Waals surface area contributed by atoms with Crippen LogP contribution in [-0.2, 0) is 9.53 Å². The number of hydrogen-bond donors (Lipinski definition) is 1. The number of nitrogens with one attached hydrogen (secondary N) is 1.